The maximum atomic E-state index is 13.5. The van der Waals surface area contributed by atoms with Crippen LogP contribution < -0.4 is 10.5 Å². The van der Waals surface area contributed by atoms with E-state index in [1.807, 2.05) is 0 Å². The van der Waals surface area contributed by atoms with E-state index in [1.54, 1.807) is 0 Å². The minimum atomic E-state index is -3.54. The molecule has 94 valence electrons. The zero-order valence-electron chi connectivity index (χ0n) is 9.53. The Morgan fingerprint density at radius 2 is 2.12 bits per heavy atom. The van der Waals surface area contributed by atoms with Crippen LogP contribution in [0.2, 0.25) is 0 Å². The van der Waals surface area contributed by atoms with Crippen molar-refractivity contribution < 1.29 is 12.8 Å². The van der Waals surface area contributed by atoms with Gasteiger partial charge < -0.3 is 5.73 Å². The lowest BCUT2D eigenvalue weighted by Crippen LogP contribution is -2.26. The third kappa shape index (κ3) is 2.65. The molecule has 1 aliphatic rings. The molecule has 1 aliphatic carbocycles. The van der Waals surface area contributed by atoms with Gasteiger partial charge in [-0.25, -0.2) is 17.5 Å². The van der Waals surface area contributed by atoms with Crippen LogP contribution in [0, 0.1) is 12.7 Å². The molecule has 17 heavy (non-hydrogen) atoms. The van der Waals surface area contributed by atoms with Gasteiger partial charge in [0.05, 0.1) is 4.90 Å². The minimum absolute atomic E-state index is 0.0144. The van der Waals surface area contributed by atoms with Gasteiger partial charge in [-0.2, -0.15) is 0 Å². The molecule has 1 aromatic carbocycles. The predicted octanol–water partition coefficient (Wildman–Crippen LogP) is 1.03. The van der Waals surface area contributed by atoms with Crippen molar-refractivity contribution in [2.24, 2.45) is 5.73 Å². The maximum Gasteiger partial charge on any atom is 0.240 e. The highest BCUT2D eigenvalue weighted by Crippen LogP contribution is 2.24. The molecule has 0 bridgehead atoms. The summed E-state index contributed by atoms with van der Waals surface area (Å²) in [7, 11) is -3.54. The van der Waals surface area contributed by atoms with Gasteiger partial charge in [0.2, 0.25) is 10.0 Å². The van der Waals surface area contributed by atoms with Crippen molar-refractivity contribution in [1.82, 2.24) is 4.72 Å². The van der Waals surface area contributed by atoms with Gasteiger partial charge in [0.25, 0.3) is 0 Å². The Hall–Kier alpha value is -0.980. The predicted molar refractivity (Wildman–Crippen MR) is 62.4 cm³/mol. The van der Waals surface area contributed by atoms with Gasteiger partial charge in [-0.05, 0) is 37.5 Å². The second-order valence-electron chi connectivity index (χ2n) is 4.31. The molecule has 0 spiro atoms. The minimum Gasteiger partial charge on any atom is -0.326 e. The Morgan fingerprint density at radius 3 is 2.65 bits per heavy atom. The second kappa shape index (κ2) is 4.36. The Morgan fingerprint density at radius 1 is 1.47 bits per heavy atom. The maximum absolute atomic E-state index is 13.5. The fourth-order valence-corrected chi connectivity index (χ4v) is 3.04. The van der Waals surface area contributed by atoms with Crippen LogP contribution in [0.5, 0.6) is 0 Å². The summed E-state index contributed by atoms with van der Waals surface area (Å²) in [5.74, 6) is -0.433. The van der Waals surface area contributed by atoms with E-state index in [-0.39, 0.29) is 23.0 Å². The number of nitrogens with one attached hydrogen (secondary N) is 1. The smallest absolute Gasteiger partial charge is 0.240 e. The summed E-state index contributed by atoms with van der Waals surface area (Å²) in [5.41, 5.74) is 5.91. The summed E-state index contributed by atoms with van der Waals surface area (Å²) in [5, 5.41) is 0. The molecule has 0 aliphatic heterocycles. The van der Waals surface area contributed by atoms with Crippen molar-refractivity contribution in [3.8, 4) is 0 Å². The van der Waals surface area contributed by atoms with Gasteiger partial charge in [0.15, 0.2) is 0 Å². The van der Waals surface area contributed by atoms with Crippen LogP contribution in [0.25, 0.3) is 0 Å². The molecule has 0 amide bonds. The molecule has 1 aromatic rings. The standard InChI is InChI=1S/C11H15FN2O2S/c1-7-4-10(5-8(6-13)11(7)12)17(15,16)14-9-2-3-9/h4-5,9,14H,2-3,6,13H2,1H3. The first-order chi connectivity index (χ1) is 7.94. The average Bonchev–Trinajstić information content (AvgIpc) is 3.04. The third-order valence-corrected chi connectivity index (χ3v) is 4.23. The summed E-state index contributed by atoms with van der Waals surface area (Å²) >= 11 is 0. The molecule has 1 saturated carbocycles. The highest BCUT2D eigenvalue weighted by molar-refractivity contribution is 7.89. The summed E-state index contributed by atoms with van der Waals surface area (Å²) in [6, 6.07) is 2.67. The van der Waals surface area contributed by atoms with Crippen LogP contribution >= 0.6 is 0 Å². The van der Waals surface area contributed by atoms with Gasteiger partial charge in [-0.3, -0.25) is 0 Å². The number of hydrogen-bond acceptors (Lipinski definition) is 3. The van der Waals surface area contributed by atoms with Crippen molar-refractivity contribution in [3.05, 3.63) is 29.1 Å². The van der Waals surface area contributed by atoms with Crippen molar-refractivity contribution in [3.63, 3.8) is 0 Å². The van der Waals surface area contributed by atoms with E-state index in [1.165, 1.54) is 19.1 Å². The number of aryl methyl sites for hydroxylation is 1. The van der Waals surface area contributed by atoms with E-state index < -0.39 is 15.8 Å². The molecule has 0 unspecified atom stereocenters. The van der Waals surface area contributed by atoms with Gasteiger partial charge in [0, 0.05) is 18.2 Å². The quantitative estimate of drug-likeness (QED) is 0.847. The molecule has 0 atom stereocenters. The Bertz CT molecular complexity index is 539. The Kier molecular flexibility index (Phi) is 3.20. The summed E-state index contributed by atoms with van der Waals surface area (Å²) in [6.45, 7) is 1.52. The number of halogens is 1. The van der Waals surface area contributed by atoms with Crippen molar-refractivity contribution in [2.45, 2.75) is 37.2 Å². The third-order valence-electron chi connectivity index (χ3n) is 2.73. The fraction of sp³-hybridized carbons (Fsp3) is 0.455. The monoisotopic (exact) mass is 258 g/mol. The number of sulfonamides is 1. The molecule has 0 saturated heterocycles. The van der Waals surface area contributed by atoms with E-state index in [9.17, 15) is 12.8 Å². The van der Waals surface area contributed by atoms with Crippen LogP contribution in [0.4, 0.5) is 4.39 Å². The molecular weight excluding hydrogens is 243 g/mol. The molecule has 0 radical (unpaired) electrons. The first kappa shape index (κ1) is 12.5. The first-order valence-corrected chi connectivity index (χ1v) is 6.94. The van der Waals surface area contributed by atoms with Crippen LogP contribution in [-0.4, -0.2) is 14.5 Å². The number of hydrogen-bond donors (Lipinski definition) is 2. The first-order valence-electron chi connectivity index (χ1n) is 5.45. The molecule has 0 aromatic heterocycles. The van der Waals surface area contributed by atoms with E-state index in [0.29, 0.717) is 5.56 Å². The summed E-state index contributed by atoms with van der Waals surface area (Å²) < 4.78 is 40.0. The molecule has 1 fully saturated rings. The van der Waals surface area contributed by atoms with Crippen LogP contribution in [0.3, 0.4) is 0 Å². The topological polar surface area (TPSA) is 72.2 Å². The molecule has 3 N–H and O–H groups in total. The van der Waals surface area contributed by atoms with Crippen LogP contribution in [0.15, 0.2) is 17.0 Å². The zero-order chi connectivity index (χ0) is 12.6. The molecule has 0 heterocycles. The number of rotatable bonds is 4. The largest absolute Gasteiger partial charge is 0.326 e. The molecular formula is C11H15FN2O2S. The van der Waals surface area contributed by atoms with E-state index in [0.717, 1.165) is 12.8 Å². The molecule has 4 nitrogen and oxygen atoms in total. The zero-order valence-corrected chi connectivity index (χ0v) is 10.3. The average molecular weight is 258 g/mol. The lowest BCUT2D eigenvalue weighted by molar-refractivity contribution is 0.577. The van der Waals surface area contributed by atoms with Crippen molar-refractivity contribution in [2.75, 3.05) is 0 Å². The summed E-state index contributed by atoms with van der Waals surface area (Å²) in [6.07, 6.45) is 1.73. The number of nitrogens with two attached hydrogens (primary N) is 1. The fourth-order valence-electron chi connectivity index (χ4n) is 1.60. The second-order valence-corrected chi connectivity index (χ2v) is 6.03. The summed E-state index contributed by atoms with van der Waals surface area (Å²) in [4.78, 5) is 0.0868. The van der Waals surface area contributed by atoms with Crippen LogP contribution in [-0.2, 0) is 16.6 Å². The Balaban J connectivity index is 2.41. The normalized spacial score (nSPS) is 16.2. The SMILES string of the molecule is Cc1cc(S(=O)(=O)NC2CC2)cc(CN)c1F. The van der Waals surface area contributed by atoms with Crippen LogP contribution in [0.1, 0.15) is 24.0 Å². The Labute approximate surface area is 100 Å². The number of benzene rings is 1. The van der Waals surface area contributed by atoms with E-state index in [2.05, 4.69) is 4.72 Å². The molecule has 6 heteroatoms. The van der Waals surface area contributed by atoms with Gasteiger partial charge >= 0.3 is 0 Å². The molecule has 2 rings (SSSR count). The highest BCUT2D eigenvalue weighted by atomic mass is 32.2. The lowest BCUT2D eigenvalue weighted by atomic mass is 10.1. The lowest BCUT2D eigenvalue weighted by Gasteiger charge is -2.09. The van der Waals surface area contributed by atoms with Crippen molar-refractivity contribution >= 4 is 10.0 Å². The van der Waals surface area contributed by atoms with Gasteiger partial charge in [-0.1, -0.05) is 0 Å². The van der Waals surface area contributed by atoms with Crippen molar-refractivity contribution in [1.29, 1.82) is 0 Å². The highest BCUT2D eigenvalue weighted by Gasteiger charge is 2.28. The van der Waals surface area contributed by atoms with E-state index in [4.69, 9.17) is 5.73 Å². The van der Waals surface area contributed by atoms with Gasteiger partial charge in [-0.15, -0.1) is 0 Å². The van der Waals surface area contributed by atoms with E-state index >= 15 is 0 Å². The van der Waals surface area contributed by atoms with Gasteiger partial charge in [0.1, 0.15) is 5.82 Å².